The summed E-state index contributed by atoms with van der Waals surface area (Å²) in [4.78, 5) is 4.12. The van der Waals surface area contributed by atoms with E-state index in [-0.39, 0.29) is 20.0 Å². The molecule has 1 aromatic carbocycles. The molecule has 0 aliphatic rings. The smallest absolute Gasteiger partial charge is 0.211 e. The Labute approximate surface area is 128 Å². The van der Waals surface area contributed by atoms with Crippen LogP contribution in [0.3, 0.4) is 0 Å². The predicted octanol–water partition coefficient (Wildman–Crippen LogP) is 4.15. The Balaban J connectivity index is 2.81. The number of benzene rings is 1. The quantitative estimate of drug-likeness (QED) is 0.777. The molecule has 2 rings (SSSR count). The number of hydrogen-bond acceptors (Lipinski definition) is 3. The van der Waals surface area contributed by atoms with E-state index < -0.39 is 9.84 Å². The first-order chi connectivity index (χ1) is 9.25. The number of halogens is 2. The zero-order chi connectivity index (χ0) is 15.1. The first kappa shape index (κ1) is 15.3. The van der Waals surface area contributed by atoms with Crippen LogP contribution in [0.25, 0.3) is 0 Å². The van der Waals surface area contributed by atoms with Gasteiger partial charge in [-0.25, -0.2) is 13.4 Å². The molecule has 20 heavy (non-hydrogen) atoms. The summed E-state index contributed by atoms with van der Waals surface area (Å²) in [6, 6.07) is 6.64. The van der Waals surface area contributed by atoms with Gasteiger partial charge in [0.05, 0.1) is 9.92 Å². The highest BCUT2D eigenvalue weighted by Gasteiger charge is 2.28. The van der Waals surface area contributed by atoms with E-state index in [1.807, 2.05) is 0 Å². The summed E-state index contributed by atoms with van der Waals surface area (Å²) in [7, 11) is -3.80. The number of sulfone groups is 1. The van der Waals surface area contributed by atoms with Crippen LogP contribution >= 0.6 is 23.2 Å². The minimum absolute atomic E-state index is 0.0148. The molecule has 0 unspecified atom stereocenters. The summed E-state index contributed by atoms with van der Waals surface area (Å²) in [5.41, 5.74) is 1.80. The summed E-state index contributed by atoms with van der Waals surface area (Å²) in [6.45, 7) is 5.15. The topological polar surface area (TPSA) is 47.0 Å². The van der Waals surface area contributed by atoms with E-state index in [9.17, 15) is 8.42 Å². The number of aromatic nitrogens is 1. The zero-order valence-electron chi connectivity index (χ0n) is 11.2. The maximum atomic E-state index is 12.8. The Bertz CT molecular complexity index is 743. The number of rotatable bonds is 2. The predicted molar refractivity (Wildman–Crippen MR) is 80.4 cm³/mol. The zero-order valence-corrected chi connectivity index (χ0v) is 13.6. The van der Waals surface area contributed by atoms with Gasteiger partial charge in [-0.3, -0.25) is 0 Å². The summed E-state index contributed by atoms with van der Waals surface area (Å²) in [6.07, 6.45) is 0. The van der Waals surface area contributed by atoms with E-state index >= 15 is 0 Å². The molecule has 0 atom stereocenters. The van der Waals surface area contributed by atoms with Gasteiger partial charge in [-0.2, -0.15) is 0 Å². The molecule has 1 heterocycles. The van der Waals surface area contributed by atoms with Crippen LogP contribution in [0.5, 0.6) is 0 Å². The Kier molecular flexibility index (Phi) is 4.09. The maximum absolute atomic E-state index is 12.8. The van der Waals surface area contributed by atoms with Crippen LogP contribution in [0, 0.1) is 20.8 Å². The molecule has 0 N–H and O–H groups in total. The Hall–Kier alpha value is -1.10. The minimum atomic E-state index is -3.80. The number of aryl methyl sites for hydroxylation is 3. The van der Waals surface area contributed by atoms with Crippen LogP contribution in [0.15, 0.2) is 34.1 Å². The fraction of sp³-hybridized carbons (Fsp3) is 0.214. The minimum Gasteiger partial charge on any atom is -0.240 e. The van der Waals surface area contributed by atoms with Crippen LogP contribution in [0.2, 0.25) is 10.2 Å². The SMILES string of the molecule is Cc1cc(C)c(S(=O)(=O)c2c(C)cccc2Cl)c(Cl)n1. The number of nitrogens with zero attached hydrogens (tertiary/aromatic N) is 1. The molecular weight excluding hydrogens is 317 g/mol. The van der Waals surface area contributed by atoms with Gasteiger partial charge in [0.15, 0.2) is 0 Å². The second kappa shape index (κ2) is 5.35. The molecule has 0 saturated heterocycles. The summed E-state index contributed by atoms with van der Waals surface area (Å²) in [5.74, 6) is 0. The first-order valence-corrected chi connectivity index (χ1v) is 8.13. The van der Waals surface area contributed by atoms with E-state index in [1.54, 1.807) is 45.0 Å². The average Bonchev–Trinajstić information content (AvgIpc) is 2.25. The fourth-order valence-electron chi connectivity index (χ4n) is 2.16. The average molecular weight is 330 g/mol. The molecule has 0 aliphatic heterocycles. The van der Waals surface area contributed by atoms with Crippen molar-refractivity contribution in [1.82, 2.24) is 4.98 Å². The maximum Gasteiger partial charge on any atom is 0.211 e. The molecule has 0 spiro atoms. The van der Waals surface area contributed by atoms with Gasteiger partial charge < -0.3 is 0 Å². The van der Waals surface area contributed by atoms with Crippen LogP contribution in [0.4, 0.5) is 0 Å². The van der Waals surface area contributed by atoms with Crippen LogP contribution in [-0.2, 0) is 9.84 Å². The van der Waals surface area contributed by atoms with Crippen molar-refractivity contribution < 1.29 is 8.42 Å². The van der Waals surface area contributed by atoms with Gasteiger partial charge in [0.1, 0.15) is 10.0 Å². The van der Waals surface area contributed by atoms with Crippen molar-refractivity contribution in [3.63, 3.8) is 0 Å². The summed E-state index contributed by atoms with van der Waals surface area (Å²) >= 11 is 12.1. The van der Waals surface area contributed by atoms with Crippen molar-refractivity contribution in [3.8, 4) is 0 Å². The molecule has 2 aromatic rings. The van der Waals surface area contributed by atoms with E-state index in [0.29, 0.717) is 16.8 Å². The number of hydrogen-bond donors (Lipinski definition) is 0. The molecule has 106 valence electrons. The molecule has 0 fully saturated rings. The lowest BCUT2D eigenvalue weighted by Crippen LogP contribution is -2.09. The van der Waals surface area contributed by atoms with E-state index in [4.69, 9.17) is 23.2 Å². The monoisotopic (exact) mass is 329 g/mol. The highest BCUT2D eigenvalue weighted by Crippen LogP contribution is 2.34. The van der Waals surface area contributed by atoms with Crippen molar-refractivity contribution in [1.29, 1.82) is 0 Å². The molecule has 6 heteroatoms. The molecular formula is C14H13Cl2NO2S. The van der Waals surface area contributed by atoms with Crippen LogP contribution in [0.1, 0.15) is 16.8 Å². The largest absolute Gasteiger partial charge is 0.240 e. The molecule has 0 amide bonds. The van der Waals surface area contributed by atoms with E-state index in [1.165, 1.54) is 0 Å². The second-order valence-electron chi connectivity index (χ2n) is 4.59. The van der Waals surface area contributed by atoms with Crippen molar-refractivity contribution in [2.45, 2.75) is 30.6 Å². The highest BCUT2D eigenvalue weighted by molar-refractivity contribution is 7.91. The molecule has 0 radical (unpaired) electrons. The van der Waals surface area contributed by atoms with Gasteiger partial charge >= 0.3 is 0 Å². The standard InChI is InChI=1S/C14H13Cl2NO2S/c1-8-5-4-6-11(15)12(8)20(18,19)13-9(2)7-10(3)17-14(13)16/h4-7H,1-3H3. The van der Waals surface area contributed by atoms with Gasteiger partial charge in [-0.15, -0.1) is 0 Å². The van der Waals surface area contributed by atoms with E-state index in [0.717, 1.165) is 0 Å². The molecule has 0 saturated carbocycles. The van der Waals surface area contributed by atoms with Crippen molar-refractivity contribution in [2.75, 3.05) is 0 Å². The lowest BCUT2D eigenvalue weighted by molar-refractivity contribution is 0.594. The van der Waals surface area contributed by atoms with E-state index in [2.05, 4.69) is 4.98 Å². The third-order valence-corrected chi connectivity index (χ3v) is 5.89. The van der Waals surface area contributed by atoms with Gasteiger partial charge in [-0.05, 0) is 44.0 Å². The third-order valence-electron chi connectivity index (χ3n) is 2.95. The Morgan fingerprint density at radius 2 is 1.65 bits per heavy atom. The normalized spacial score (nSPS) is 11.7. The van der Waals surface area contributed by atoms with Crippen LogP contribution in [-0.4, -0.2) is 13.4 Å². The summed E-state index contributed by atoms with van der Waals surface area (Å²) < 4.78 is 25.6. The Morgan fingerprint density at radius 1 is 1.00 bits per heavy atom. The molecule has 0 aliphatic carbocycles. The van der Waals surface area contributed by atoms with Gasteiger partial charge in [-0.1, -0.05) is 35.3 Å². The van der Waals surface area contributed by atoms with Gasteiger partial charge in [0.25, 0.3) is 0 Å². The Morgan fingerprint density at radius 3 is 2.20 bits per heavy atom. The molecule has 3 nitrogen and oxygen atoms in total. The van der Waals surface area contributed by atoms with Crippen molar-refractivity contribution in [2.24, 2.45) is 0 Å². The lowest BCUT2D eigenvalue weighted by atomic mass is 10.2. The van der Waals surface area contributed by atoms with Crippen molar-refractivity contribution in [3.05, 3.63) is 51.3 Å². The first-order valence-electron chi connectivity index (χ1n) is 5.89. The van der Waals surface area contributed by atoms with Crippen molar-refractivity contribution >= 4 is 33.0 Å². The lowest BCUT2D eigenvalue weighted by Gasteiger charge is -2.13. The summed E-state index contributed by atoms with van der Waals surface area (Å²) in [5, 5.41) is 0.155. The second-order valence-corrected chi connectivity index (χ2v) is 7.18. The third kappa shape index (κ3) is 2.55. The number of pyridine rings is 1. The highest BCUT2D eigenvalue weighted by atomic mass is 35.5. The van der Waals surface area contributed by atoms with Gasteiger partial charge in [0, 0.05) is 5.69 Å². The molecule has 1 aromatic heterocycles. The molecule has 0 bridgehead atoms. The van der Waals surface area contributed by atoms with Crippen LogP contribution < -0.4 is 0 Å². The fourth-order valence-corrected chi connectivity index (χ4v) is 5.05. The van der Waals surface area contributed by atoms with Gasteiger partial charge in [0.2, 0.25) is 9.84 Å².